The Balaban J connectivity index is 1.18. The summed E-state index contributed by atoms with van der Waals surface area (Å²) in [6.45, 7) is 1.90. The number of piperidine rings is 1. The summed E-state index contributed by atoms with van der Waals surface area (Å²) in [7, 11) is 1.69. The van der Waals surface area contributed by atoms with Crippen molar-refractivity contribution >= 4 is 11.8 Å². The number of ether oxygens (including phenoxy) is 2. The summed E-state index contributed by atoms with van der Waals surface area (Å²) in [4.78, 5) is 31.1. The van der Waals surface area contributed by atoms with Crippen LogP contribution in [0, 0.1) is 5.82 Å². The molecule has 2 heterocycles. The minimum absolute atomic E-state index is 0.0249. The van der Waals surface area contributed by atoms with Crippen molar-refractivity contribution in [1.82, 2.24) is 14.7 Å². The second-order valence-electron chi connectivity index (χ2n) is 14.1. The van der Waals surface area contributed by atoms with Crippen LogP contribution in [-0.4, -0.2) is 92.3 Å². The summed E-state index contributed by atoms with van der Waals surface area (Å²) in [5.74, 6) is -1.71. The third kappa shape index (κ3) is 8.08. The lowest BCUT2D eigenvalue weighted by Gasteiger charge is -2.44. The van der Waals surface area contributed by atoms with Gasteiger partial charge in [-0.05, 0) is 85.8 Å². The van der Waals surface area contributed by atoms with Crippen molar-refractivity contribution in [3.63, 3.8) is 0 Å². The first kappa shape index (κ1) is 38.7. The van der Waals surface area contributed by atoms with Crippen LogP contribution in [-0.2, 0) is 44.1 Å². The molecule has 3 aromatic rings. The van der Waals surface area contributed by atoms with E-state index in [2.05, 4.69) is 17.0 Å². The predicted molar refractivity (Wildman–Crippen MR) is 180 cm³/mol. The highest BCUT2D eigenvalue weighted by Gasteiger charge is 2.50. The van der Waals surface area contributed by atoms with Crippen LogP contribution in [0.1, 0.15) is 57.4 Å². The van der Waals surface area contributed by atoms with Crippen molar-refractivity contribution in [2.45, 2.75) is 55.2 Å². The van der Waals surface area contributed by atoms with Gasteiger partial charge in [-0.3, -0.25) is 9.59 Å². The van der Waals surface area contributed by atoms with Crippen LogP contribution in [0.5, 0.6) is 0 Å². The van der Waals surface area contributed by atoms with Crippen LogP contribution in [0.25, 0.3) is 0 Å². The van der Waals surface area contributed by atoms with Crippen LogP contribution < -0.4 is 5.73 Å². The average molecular weight is 751 g/mol. The number of hydrogen-bond donors (Lipinski definition) is 1. The predicted octanol–water partition coefficient (Wildman–Crippen LogP) is 5.97. The van der Waals surface area contributed by atoms with Crippen LogP contribution in [0.3, 0.4) is 0 Å². The molecule has 6 rings (SSSR count). The fourth-order valence-electron chi connectivity index (χ4n) is 7.89. The summed E-state index contributed by atoms with van der Waals surface area (Å²) >= 11 is 0. The fraction of sp³-hybridized carbons (Fsp3) is 0.474. The molecule has 0 unspecified atom stereocenters. The van der Waals surface area contributed by atoms with Gasteiger partial charge in [-0.15, -0.1) is 0 Å². The van der Waals surface area contributed by atoms with E-state index in [4.69, 9.17) is 15.2 Å². The average Bonchev–Trinajstić information content (AvgIpc) is 3.69. The van der Waals surface area contributed by atoms with Gasteiger partial charge in [0.15, 0.2) is 0 Å². The molecule has 2 amide bonds. The summed E-state index contributed by atoms with van der Waals surface area (Å²) < 4.78 is 108. The number of likely N-dealkylation sites (tertiary alicyclic amines) is 1. The number of benzene rings is 3. The molecule has 3 aromatic carbocycles. The number of rotatable bonds is 10. The minimum Gasteiger partial charge on any atom is -0.367 e. The van der Waals surface area contributed by atoms with Gasteiger partial charge in [0.25, 0.3) is 5.91 Å². The first-order chi connectivity index (χ1) is 25.0. The van der Waals surface area contributed by atoms with Crippen LogP contribution in [0.4, 0.5) is 30.7 Å². The lowest BCUT2D eigenvalue weighted by molar-refractivity contribution is -0.143. The van der Waals surface area contributed by atoms with Crippen LogP contribution in [0.15, 0.2) is 66.7 Å². The van der Waals surface area contributed by atoms with E-state index in [0.29, 0.717) is 63.3 Å². The van der Waals surface area contributed by atoms with Crippen LogP contribution >= 0.6 is 0 Å². The summed E-state index contributed by atoms with van der Waals surface area (Å²) in [6.07, 6.45) is -8.02. The number of fused-ring (bicyclic) bond motifs is 2. The lowest BCUT2D eigenvalue weighted by atomic mass is 9.72. The molecule has 53 heavy (non-hydrogen) atoms. The number of carbonyl (C=O) groups excluding carboxylic acids is 2. The van der Waals surface area contributed by atoms with E-state index in [9.17, 15) is 40.3 Å². The normalized spacial score (nSPS) is 21.6. The molecular weight excluding hydrogens is 709 g/mol. The van der Waals surface area contributed by atoms with Gasteiger partial charge in [0.1, 0.15) is 24.8 Å². The van der Waals surface area contributed by atoms with E-state index in [1.807, 2.05) is 12.1 Å². The second kappa shape index (κ2) is 15.0. The Labute approximate surface area is 302 Å². The topological polar surface area (TPSA) is 88.3 Å². The lowest BCUT2D eigenvalue weighted by Crippen LogP contribution is -2.50. The number of halogens is 7. The van der Waals surface area contributed by atoms with E-state index in [1.165, 1.54) is 35.4 Å². The largest absolute Gasteiger partial charge is 0.416 e. The van der Waals surface area contributed by atoms with Crippen molar-refractivity contribution in [1.29, 1.82) is 0 Å². The maximum Gasteiger partial charge on any atom is 0.416 e. The maximum absolute atomic E-state index is 14.0. The fourth-order valence-corrected chi connectivity index (χ4v) is 7.89. The first-order valence-corrected chi connectivity index (χ1v) is 17.4. The maximum atomic E-state index is 14.0. The number of hydrogen-bond acceptors (Lipinski definition) is 6. The molecule has 3 aliphatic rings. The molecular formula is C38H41F7N4O4. The van der Waals surface area contributed by atoms with Crippen LogP contribution in [0.2, 0.25) is 0 Å². The first-order valence-electron chi connectivity index (χ1n) is 17.4. The zero-order chi connectivity index (χ0) is 38.2. The highest BCUT2D eigenvalue weighted by molar-refractivity contribution is 5.95. The number of carbonyl (C=O) groups is 2. The molecule has 1 spiro atoms. The summed E-state index contributed by atoms with van der Waals surface area (Å²) in [5, 5.41) is 0. The molecule has 0 bridgehead atoms. The van der Waals surface area contributed by atoms with Crippen molar-refractivity contribution in [3.05, 3.63) is 106 Å². The highest BCUT2D eigenvalue weighted by atomic mass is 19.4. The molecule has 0 saturated carbocycles. The standard InChI is InChI=1S/C38H41F7N4O4/c1-47(17-13-46)33(50)22-52-32-20-25-4-2-3-5-31(25)35(32)10-14-48(15-11-35)16-12-36(27-6-8-30(39)9-7-27)23-49(24-53-36)34(51)26-18-28(37(40,41)42)21-29(19-26)38(43,44)45/h2-9,18-19,21,32H,10-17,20,22-24,46H2,1H3/t32-,36-/m0/s1. The zero-order valence-electron chi connectivity index (χ0n) is 29.1. The zero-order valence-corrected chi connectivity index (χ0v) is 29.1. The van der Waals surface area contributed by atoms with Crippen molar-refractivity contribution in [2.24, 2.45) is 5.73 Å². The molecule has 1 aliphatic carbocycles. The Morgan fingerprint density at radius 1 is 0.962 bits per heavy atom. The van der Waals surface area contributed by atoms with E-state index in [-0.39, 0.29) is 36.6 Å². The van der Waals surface area contributed by atoms with E-state index in [1.54, 1.807) is 11.9 Å². The van der Waals surface area contributed by atoms with Gasteiger partial charge in [-0.2, -0.15) is 26.3 Å². The number of nitrogens with zero attached hydrogens (tertiary/aromatic N) is 3. The molecule has 2 saturated heterocycles. The quantitative estimate of drug-likeness (QED) is 0.257. The third-order valence-electron chi connectivity index (χ3n) is 10.9. The molecule has 2 atom stereocenters. The van der Waals surface area contributed by atoms with Gasteiger partial charge in [0, 0.05) is 37.7 Å². The number of nitrogens with two attached hydrogens (primary N) is 1. The Kier molecular flexibility index (Phi) is 10.9. The molecule has 0 aromatic heterocycles. The van der Waals surface area contributed by atoms with E-state index >= 15 is 0 Å². The Bertz CT molecular complexity index is 1760. The van der Waals surface area contributed by atoms with Gasteiger partial charge in [0.2, 0.25) is 5.91 Å². The second-order valence-corrected chi connectivity index (χ2v) is 14.1. The van der Waals surface area contributed by atoms with Crippen molar-refractivity contribution in [2.75, 3.05) is 59.7 Å². The van der Waals surface area contributed by atoms with Gasteiger partial charge >= 0.3 is 12.4 Å². The summed E-state index contributed by atoms with van der Waals surface area (Å²) in [6, 6.07) is 14.4. The van der Waals surface area contributed by atoms with Gasteiger partial charge in [-0.1, -0.05) is 36.4 Å². The Morgan fingerprint density at radius 2 is 1.60 bits per heavy atom. The number of likely N-dealkylation sites (N-methyl/N-ethyl adjacent to an activating group) is 1. The van der Waals surface area contributed by atoms with Gasteiger partial charge in [0.05, 0.1) is 23.8 Å². The highest BCUT2D eigenvalue weighted by Crippen LogP contribution is 2.48. The van der Waals surface area contributed by atoms with Crippen molar-refractivity contribution < 1.29 is 49.8 Å². The smallest absolute Gasteiger partial charge is 0.367 e. The molecule has 15 heteroatoms. The minimum atomic E-state index is -5.12. The summed E-state index contributed by atoms with van der Waals surface area (Å²) in [5.41, 5.74) is 3.02. The molecule has 8 nitrogen and oxygen atoms in total. The van der Waals surface area contributed by atoms with Gasteiger partial charge < -0.3 is 29.9 Å². The van der Waals surface area contributed by atoms with E-state index in [0.717, 1.165) is 17.7 Å². The SMILES string of the molecule is CN(CCN)C(=O)CO[C@H]1Cc2ccccc2C12CCN(CC[C@@]1(c3ccc(F)cc3)CN(C(=O)c3cc(C(F)(F)F)cc(C(F)(F)F)c3)CO1)CC2. The molecule has 2 N–H and O–H groups in total. The molecule has 2 aliphatic heterocycles. The third-order valence-corrected chi connectivity index (χ3v) is 10.9. The van der Waals surface area contributed by atoms with Gasteiger partial charge in [-0.25, -0.2) is 4.39 Å². The van der Waals surface area contributed by atoms with Crippen molar-refractivity contribution in [3.8, 4) is 0 Å². The monoisotopic (exact) mass is 750 g/mol. The number of alkyl halides is 6. The molecule has 2 fully saturated rings. The number of amides is 2. The molecule has 286 valence electrons. The Morgan fingerprint density at radius 3 is 2.23 bits per heavy atom. The Hall–Kier alpha value is -4.05. The van der Waals surface area contributed by atoms with E-state index < -0.39 is 53.1 Å². The molecule has 0 radical (unpaired) electrons.